The van der Waals surface area contributed by atoms with E-state index in [0.717, 1.165) is 18.5 Å². The van der Waals surface area contributed by atoms with Crippen LogP contribution in [0.5, 0.6) is 0 Å². The predicted octanol–water partition coefficient (Wildman–Crippen LogP) is 2.67. The number of nitrogens with one attached hydrogen (secondary N) is 1. The maximum Gasteiger partial charge on any atom is 0.00723 e. The van der Waals surface area contributed by atoms with Crippen molar-refractivity contribution in [1.82, 2.24) is 5.32 Å². The summed E-state index contributed by atoms with van der Waals surface area (Å²) in [6.07, 6.45) is 11.1. The van der Waals surface area contributed by atoms with E-state index in [9.17, 15) is 0 Å². The van der Waals surface area contributed by atoms with Crippen molar-refractivity contribution in [3.63, 3.8) is 0 Å². The second kappa shape index (κ2) is 5.50. The van der Waals surface area contributed by atoms with Gasteiger partial charge in [-0.05, 0) is 43.6 Å². The van der Waals surface area contributed by atoms with Crippen LogP contribution in [-0.2, 0) is 0 Å². The molecule has 0 heterocycles. The van der Waals surface area contributed by atoms with Crippen LogP contribution in [0, 0.1) is 11.3 Å². The molecule has 0 aromatic carbocycles. The standard InChI is InChI=1S/C14H28N2/c1-12-8-13(9-12)16-11-14(10-15)6-4-2-3-5-7-14/h12-13,16H,2-11,15H2,1H3. The van der Waals surface area contributed by atoms with E-state index in [-0.39, 0.29) is 0 Å². The molecule has 0 aromatic rings. The third-order valence-electron chi connectivity index (χ3n) is 4.74. The Kier molecular flexibility index (Phi) is 4.26. The van der Waals surface area contributed by atoms with E-state index in [1.165, 1.54) is 57.9 Å². The fraction of sp³-hybridized carbons (Fsp3) is 1.00. The summed E-state index contributed by atoms with van der Waals surface area (Å²) in [7, 11) is 0. The molecule has 0 atom stereocenters. The third-order valence-corrected chi connectivity index (χ3v) is 4.74. The topological polar surface area (TPSA) is 38.0 Å². The lowest BCUT2D eigenvalue weighted by atomic mass is 9.77. The Bertz CT molecular complexity index is 201. The lowest BCUT2D eigenvalue weighted by Gasteiger charge is -2.38. The molecule has 16 heavy (non-hydrogen) atoms. The molecule has 0 aromatic heterocycles. The van der Waals surface area contributed by atoms with Crippen molar-refractivity contribution in [2.45, 2.75) is 64.3 Å². The smallest absolute Gasteiger partial charge is 0.00723 e. The summed E-state index contributed by atoms with van der Waals surface area (Å²) in [6, 6.07) is 0.793. The minimum absolute atomic E-state index is 0.426. The molecule has 2 rings (SSSR count). The number of rotatable bonds is 4. The summed E-state index contributed by atoms with van der Waals surface area (Å²) < 4.78 is 0. The first-order valence-corrected chi connectivity index (χ1v) is 7.18. The quantitative estimate of drug-likeness (QED) is 0.721. The van der Waals surface area contributed by atoms with Crippen molar-refractivity contribution in [2.24, 2.45) is 17.1 Å². The molecular weight excluding hydrogens is 196 g/mol. The van der Waals surface area contributed by atoms with E-state index >= 15 is 0 Å². The number of hydrogen-bond acceptors (Lipinski definition) is 2. The molecule has 0 unspecified atom stereocenters. The zero-order chi connectivity index (χ0) is 11.4. The van der Waals surface area contributed by atoms with Crippen LogP contribution in [0.3, 0.4) is 0 Å². The first kappa shape index (κ1) is 12.4. The van der Waals surface area contributed by atoms with E-state index < -0.39 is 0 Å². The van der Waals surface area contributed by atoms with Gasteiger partial charge in [-0.3, -0.25) is 0 Å². The average molecular weight is 224 g/mol. The zero-order valence-corrected chi connectivity index (χ0v) is 10.8. The highest BCUT2D eigenvalue weighted by Crippen LogP contribution is 2.34. The average Bonchev–Trinajstić information content (AvgIpc) is 2.49. The van der Waals surface area contributed by atoms with Gasteiger partial charge in [-0.25, -0.2) is 0 Å². The van der Waals surface area contributed by atoms with Crippen LogP contribution < -0.4 is 11.1 Å². The van der Waals surface area contributed by atoms with Crippen molar-refractivity contribution < 1.29 is 0 Å². The summed E-state index contributed by atoms with van der Waals surface area (Å²) in [5.41, 5.74) is 6.47. The van der Waals surface area contributed by atoms with E-state index in [2.05, 4.69) is 12.2 Å². The molecule has 0 spiro atoms. The molecular formula is C14H28N2. The fourth-order valence-electron chi connectivity index (χ4n) is 3.36. The Hall–Kier alpha value is -0.0800. The van der Waals surface area contributed by atoms with E-state index in [4.69, 9.17) is 5.73 Å². The van der Waals surface area contributed by atoms with Crippen LogP contribution in [0.1, 0.15) is 58.3 Å². The second-order valence-electron chi connectivity index (χ2n) is 6.27. The molecule has 94 valence electrons. The lowest BCUT2D eigenvalue weighted by molar-refractivity contribution is 0.181. The second-order valence-corrected chi connectivity index (χ2v) is 6.27. The zero-order valence-electron chi connectivity index (χ0n) is 10.8. The molecule has 2 heteroatoms. The van der Waals surface area contributed by atoms with Gasteiger partial charge in [0, 0.05) is 12.6 Å². The van der Waals surface area contributed by atoms with Crippen molar-refractivity contribution in [3.05, 3.63) is 0 Å². The van der Waals surface area contributed by atoms with Gasteiger partial charge in [-0.15, -0.1) is 0 Å². The lowest BCUT2D eigenvalue weighted by Crippen LogP contribution is -2.47. The van der Waals surface area contributed by atoms with E-state index in [1.807, 2.05) is 0 Å². The number of hydrogen-bond donors (Lipinski definition) is 2. The van der Waals surface area contributed by atoms with Gasteiger partial charge in [0.15, 0.2) is 0 Å². The highest BCUT2D eigenvalue weighted by atomic mass is 14.9. The van der Waals surface area contributed by atoms with Crippen LogP contribution in [-0.4, -0.2) is 19.1 Å². The van der Waals surface area contributed by atoms with Gasteiger partial charge in [0.2, 0.25) is 0 Å². The van der Waals surface area contributed by atoms with E-state index in [0.29, 0.717) is 5.41 Å². The van der Waals surface area contributed by atoms with Gasteiger partial charge in [-0.2, -0.15) is 0 Å². The first-order chi connectivity index (χ1) is 7.74. The van der Waals surface area contributed by atoms with Crippen LogP contribution in [0.2, 0.25) is 0 Å². The van der Waals surface area contributed by atoms with Crippen molar-refractivity contribution >= 4 is 0 Å². The minimum atomic E-state index is 0.426. The largest absolute Gasteiger partial charge is 0.330 e. The fourth-order valence-corrected chi connectivity index (χ4v) is 3.36. The van der Waals surface area contributed by atoms with Crippen LogP contribution in [0.25, 0.3) is 0 Å². The maximum atomic E-state index is 6.04. The first-order valence-electron chi connectivity index (χ1n) is 7.18. The summed E-state index contributed by atoms with van der Waals surface area (Å²) in [4.78, 5) is 0. The van der Waals surface area contributed by atoms with Gasteiger partial charge < -0.3 is 11.1 Å². The molecule has 2 fully saturated rings. The molecule has 0 bridgehead atoms. The summed E-state index contributed by atoms with van der Waals surface area (Å²) in [5.74, 6) is 0.945. The summed E-state index contributed by atoms with van der Waals surface area (Å²) >= 11 is 0. The van der Waals surface area contributed by atoms with Crippen molar-refractivity contribution in [3.8, 4) is 0 Å². The molecule has 2 saturated carbocycles. The Morgan fingerprint density at radius 1 is 1.12 bits per heavy atom. The Morgan fingerprint density at radius 3 is 2.25 bits per heavy atom. The Labute approximate surface area is 100 Å². The Morgan fingerprint density at radius 2 is 1.75 bits per heavy atom. The highest BCUT2D eigenvalue weighted by molar-refractivity contribution is 4.89. The molecule has 2 aliphatic carbocycles. The molecule has 2 aliphatic rings. The van der Waals surface area contributed by atoms with Crippen molar-refractivity contribution in [2.75, 3.05) is 13.1 Å². The summed E-state index contributed by atoms with van der Waals surface area (Å²) in [5, 5.41) is 3.76. The highest BCUT2D eigenvalue weighted by Gasteiger charge is 2.32. The van der Waals surface area contributed by atoms with Crippen LogP contribution >= 0.6 is 0 Å². The minimum Gasteiger partial charge on any atom is -0.330 e. The van der Waals surface area contributed by atoms with Crippen molar-refractivity contribution in [1.29, 1.82) is 0 Å². The molecule has 0 saturated heterocycles. The molecule has 2 nitrogen and oxygen atoms in total. The molecule has 0 radical (unpaired) electrons. The van der Waals surface area contributed by atoms with Gasteiger partial charge in [0.25, 0.3) is 0 Å². The normalized spacial score (nSPS) is 34.1. The van der Waals surface area contributed by atoms with Gasteiger partial charge in [0.05, 0.1) is 0 Å². The molecule has 3 N–H and O–H groups in total. The van der Waals surface area contributed by atoms with E-state index in [1.54, 1.807) is 0 Å². The monoisotopic (exact) mass is 224 g/mol. The maximum absolute atomic E-state index is 6.04. The number of nitrogens with two attached hydrogens (primary N) is 1. The third kappa shape index (κ3) is 2.98. The van der Waals surface area contributed by atoms with Gasteiger partial charge in [-0.1, -0.05) is 32.6 Å². The van der Waals surface area contributed by atoms with Crippen LogP contribution in [0.15, 0.2) is 0 Å². The predicted molar refractivity (Wildman–Crippen MR) is 69.4 cm³/mol. The summed E-state index contributed by atoms with van der Waals surface area (Å²) in [6.45, 7) is 4.39. The SMILES string of the molecule is CC1CC(NCC2(CN)CCCCCC2)C1. The van der Waals surface area contributed by atoms with Crippen LogP contribution in [0.4, 0.5) is 0 Å². The van der Waals surface area contributed by atoms with Gasteiger partial charge in [0.1, 0.15) is 0 Å². The molecule has 0 amide bonds. The molecule has 0 aliphatic heterocycles. The Balaban J connectivity index is 1.78. The van der Waals surface area contributed by atoms with Gasteiger partial charge >= 0.3 is 0 Å².